The fourth-order valence-corrected chi connectivity index (χ4v) is 1.86. The summed E-state index contributed by atoms with van der Waals surface area (Å²) in [6.07, 6.45) is 0.880. The zero-order chi connectivity index (χ0) is 16.2. The Kier molecular flexibility index (Phi) is 12.5. The highest BCUT2D eigenvalue weighted by Crippen LogP contribution is 2.16. The third-order valence-electron chi connectivity index (χ3n) is 2.97. The smallest absolute Gasteiger partial charge is 0.191 e. The predicted molar refractivity (Wildman–Crippen MR) is 104 cm³/mol. The second kappa shape index (κ2) is 13.2. The Morgan fingerprint density at radius 1 is 1.17 bits per heavy atom. The molecule has 23 heavy (non-hydrogen) atoms. The molecule has 0 heterocycles. The second-order valence-corrected chi connectivity index (χ2v) is 4.88. The highest BCUT2D eigenvalue weighted by Gasteiger charge is 2.03. The summed E-state index contributed by atoms with van der Waals surface area (Å²) < 4.78 is 15.9. The van der Waals surface area contributed by atoms with E-state index in [4.69, 9.17) is 14.2 Å². The first-order valence-electron chi connectivity index (χ1n) is 7.42. The highest BCUT2D eigenvalue weighted by atomic mass is 127. The molecule has 0 radical (unpaired) electrons. The van der Waals surface area contributed by atoms with E-state index in [9.17, 15) is 0 Å². The SMILES string of the molecule is CN=C(NCCCOc1ccc(OC)cc1)NC(C)COC.I. The first kappa shape index (κ1) is 21.8. The van der Waals surface area contributed by atoms with Crippen molar-refractivity contribution in [3.05, 3.63) is 24.3 Å². The Balaban J connectivity index is 0.00000484. The summed E-state index contributed by atoms with van der Waals surface area (Å²) in [5.41, 5.74) is 0. The molecule has 0 aliphatic heterocycles. The van der Waals surface area contributed by atoms with Crippen LogP contribution in [-0.2, 0) is 4.74 Å². The van der Waals surface area contributed by atoms with Crippen LogP contribution in [0.1, 0.15) is 13.3 Å². The molecular formula is C16H28IN3O3. The van der Waals surface area contributed by atoms with Gasteiger partial charge in [-0.2, -0.15) is 0 Å². The summed E-state index contributed by atoms with van der Waals surface area (Å²) in [6, 6.07) is 7.79. The number of nitrogens with zero attached hydrogens (tertiary/aromatic N) is 1. The van der Waals surface area contributed by atoms with Crippen molar-refractivity contribution in [2.75, 3.05) is 41.0 Å². The number of benzene rings is 1. The van der Waals surface area contributed by atoms with Crippen LogP contribution in [0, 0.1) is 0 Å². The van der Waals surface area contributed by atoms with Crippen LogP contribution in [0.25, 0.3) is 0 Å². The molecular weight excluding hydrogens is 409 g/mol. The number of nitrogens with one attached hydrogen (secondary N) is 2. The number of methoxy groups -OCH3 is 2. The van der Waals surface area contributed by atoms with Crippen LogP contribution in [0.4, 0.5) is 0 Å². The number of guanidine groups is 1. The lowest BCUT2D eigenvalue weighted by atomic mass is 10.3. The quantitative estimate of drug-likeness (QED) is 0.269. The van der Waals surface area contributed by atoms with Crippen molar-refractivity contribution in [1.82, 2.24) is 10.6 Å². The summed E-state index contributed by atoms with van der Waals surface area (Å²) in [6.45, 7) is 4.11. The van der Waals surface area contributed by atoms with Crippen molar-refractivity contribution >= 4 is 29.9 Å². The lowest BCUT2D eigenvalue weighted by Crippen LogP contribution is -2.44. The molecule has 1 atom stereocenters. The molecule has 0 spiro atoms. The van der Waals surface area contributed by atoms with Crippen molar-refractivity contribution in [1.29, 1.82) is 0 Å². The van der Waals surface area contributed by atoms with Crippen molar-refractivity contribution in [3.63, 3.8) is 0 Å². The van der Waals surface area contributed by atoms with E-state index < -0.39 is 0 Å². The average Bonchev–Trinajstić information content (AvgIpc) is 2.54. The maximum absolute atomic E-state index is 5.66. The third-order valence-corrected chi connectivity index (χ3v) is 2.97. The Hall–Kier alpha value is -1.22. The van der Waals surface area contributed by atoms with Crippen molar-refractivity contribution in [2.45, 2.75) is 19.4 Å². The van der Waals surface area contributed by atoms with Gasteiger partial charge in [0.05, 0.1) is 20.3 Å². The molecule has 0 aliphatic rings. The van der Waals surface area contributed by atoms with Gasteiger partial charge in [-0.15, -0.1) is 24.0 Å². The van der Waals surface area contributed by atoms with E-state index in [2.05, 4.69) is 15.6 Å². The summed E-state index contributed by atoms with van der Waals surface area (Å²) >= 11 is 0. The predicted octanol–water partition coefficient (Wildman–Crippen LogP) is 2.28. The van der Waals surface area contributed by atoms with Gasteiger partial charge < -0.3 is 24.8 Å². The number of rotatable bonds is 9. The molecule has 1 aromatic carbocycles. The van der Waals surface area contributed by atoms with Crippen LogP contribution in [0.15, 0.2) is 29.3 Å². The molecule has 0 bridgehead atoms. The monoisotopic (exact) mass is 437 g/mol. The van der Waals surface area contributed by atoms with Gasteiger partial charge in [-0.3, -0.25) is 4.99 Å². The molecule has 7 heteroatoms. The van der Waals surface area contributed by atoms with Gasteiger partial charge >= 0.3 is 0 Å². The van der Waals surface area contributed by atoms with E-state index in [0.717, 1.165) is 30.4 Å². The standard InChI is InChI=1S/C16H27N3O3.HI/c1-13(12-20-3)19-16(17-2)18-10-5-11-22-15-8-6-14(21-4)7-9-15;/h6-9,13H,5,10-12H2,1-4H3,(H2,17,18,19);1H. The Labute approximate surface area is 156 Å². The summed E-state index contributed by atoms with van der Waals surface area (Å²) in [4.78, 5) is 4.17. The number of hydrogen-bond acceptors (Lipinski definition) is 4. The number of halogens is 1. The lowest BCUT2D eigenvalue weighted by molar-refractivity contribution is 0.179. The van der Waals surface area contributed by atoms with Gasteiger partial charge in [0.25, 0.3) is 0 Å². The maximum Gasteiger partial charge on any atom is 0.191 e. The molecule has 0 saturated carbocycles. The van der Waals surface area contributed by atoms with Gasteiger partial charge in [0.1, 0.15) is 11.5 Å². The summed E-state index contributed by atoms with van der Waals surface area (Å²) in [5.74, 6) is 2.44. The molecule has 0 aliphatic carbocycles. The highest BCUT2D eigenvalue weighted by molar-refractivity contribution is 14.0. The zero-order valence-electron chi connectivity index (χ0n) is 14.3. The largest absolute Gasteiger partial charge is 0.497 e. The van der Waals surface area contributed by atoms with E-state index in [1.807, 2.05) is 31.2 Å². The molecule has 0 aromatic heterocycles. The van der Waals surface area contributed by atoms with E-state index in [-0.39, 0.29) is 30.0 Å². The fourth-order valence-electron chi connectivity index (χ4n) is 1.86. The minimum Gasteiger partial charge on any atom is -0.497 e. The van der Waals surface area contributed by atoms with Gasteiger partial charge in [-0.25, -0.2) is 0 Å². The van der Waals surface area contributed by atoms with E-state index >= 15 is 0 Å². The zero-order valence-corrected chi connectivity index (χ0v) is 16.6. The fraction of sp³-hybridized carbons (Fsp3) is 0.562. The maximum atomic E-state index is 5.66. The second-order valence-electron chi connectivity index (χ2n) is 4.88. The van der Waals surface area contributed by atoms with Gasteiger partial charge in [-0.05, 0) is 37.6 Å². The molecule has 1 unspecified atom stereocenters. The van der Waals surface area contributed by atoms with Crippen LogP contribution < -0.4 is 20.1 Å². The van der Waals surface area contributed by atoms with Crippen molar-refractivity contribution in [2.24, 2.45) is 4.99 Å². The topological polar surface area (TPSA) is 64.1 Å². The van der Waals surface area contributed by atoms with Crippen LogP contribution in [0.2, 0.25) is 0 Å². The first-order valence-corrected chi connectivity index (χ1v) is 7.42. The molecule has 1 aromatic rings. The molecule has 6 nitrogen and oxygen atoms in total. The van der Waals surface area contributed by atoms with Crippen LogP contribution >= 0.6 is 24.0 Å². The van der Waals surface area contributed by atoms with Crippen molar-refractivity contribution in [3.8, 4) is 11.5 Å². The molecule has 0 amide bonds. The minimum absolute atomic E-state index is 0. The van der Waals surface area contributed by atoms with Gasteiger partial charge in [0.2, 0.25) is 0 Å². The first-order chi connectivity index (χ1) is 10.7. The molecule has 132 valence electrons. The van der Waals surface area contributed by atoms with Gasteiger partial charge in [-0.1, -0.05) is 0 Å². The van der Waals surface area contributed by atoms with Crippen LogP contribution in [0.3, 0.4) is 0 Å². The summed E-state index contributed by atoms with van der Waals surface area (Å²) in [5, 5.41) is 6.49. The Bertz CT molecular complexity index is 441. The summed E-state index contributed by atoms with van der Waals surface area (Å²) in [7, 11) is 5.09. The molecule has 0 fully saturated rings. The minimum atomic E-state index is 0. The molecule has 0 saturated heterocycles. The number of hydrogen-bond donors (Lipinski definition) is 2. The lowest BCUT2D eigenvalue weighted by Gasteiger charge is -2.17. The number of aliphatic imine (C=N–C) groups is 1. The average molecular weight is 437 g/mol. The van der Waals surface area contributed by atoms with E-state index in [1.165, 1.54) is 0 Å². The molecule has 2 N–H and O–H groups in total. The normalized spacial score (nSPS) is 12.1. The van der Waals surface area contributed by atoms with E-state index in [1.54, 1.807) is 21.3 Å². The van der Waals surface area contributed by atoms with Crippen molar-refractivity contribution < 1.29 is 14.2 Å². The van der Waals surface area contributed by atoms with Gasteiger partial charge in [0, 0.05) is 26.7 Å². The Morgan fingerprint density at radius 3 is 2.39 bits per heavy atom. The third kappa shape index (κ3) is 9.50. The van der Waals surface area contributed by atoms with E-state index in [0.29, 0.717) is 13.2 Å². The number of ether oxygens (including phenoxy) is 3. The molecule has 1 rings (SSSR count). The van der Waals surface area contributed by atoms with Crippen LogP contribution in [0.5, 0.6) is 11.5 Å². The Morgan fingerprint density at radius 2 is 1.83 bits per heavy atom. The van der Waals surface area contributed by atoms with Crippen LogP contribution in [-0.4, -0.2) is 53.0 Å². The van der Waals surface area contributed by atoms with Gasteiger partial charge in [0.15, 0.2) is 5.96 Å².